The summed E-state index contributed by atoms with van der Waals surface area (Å²) in [4.78, 5) is 12.3. The van der Waals surface area contributed by atoms with Gasteiger partial charge in [0.25, 0.3) is 0 Å². The molecule has 0 aliphatic rings. The molecule has 0 aromatic heterocycles. The molecule has 126 valence electrons. The first-order valence-corrected chi connectivity index (χ1v) is 8.03. The highest BCUT2D eigenvalue weighted by Gasteiger charge is 2.25. The molecule has 1 aromatic rings. The predicted octanol–water partition coefficient (Wildman–Crippen LogP) is 3.41. The molecule has 4 nitrogen and oxygen atoms in total. The Morgan fingerprint density at radius 2 is 1.70 bits per heavy atom. The maximum absolute atomic E-state index is 12.3. The molecule has 0 spiro atoms. The number of esters is 1. The first-order valence-electron chi connectivity index (χ1n) is 8.03. The second-order valence-corrected chi connectivity index (χ2v) is 5.32. The van der Waals surface area contributed by atoms with Crippen LogP contribution in [0.2, 0.25) is 0 Å². The summed E-state index contributed by atoms with van der Waals surface area (Å²) >= 11 is 0. The molecule has 1 rings (SSSR count). The Labute approximate surface area is 139 Å². The molecule has 0 bridgehead atoms. The van der Waals surface area contributed by atoms with Crippen LogP contribution in [0.25, 0.3) is 0 Å². The predicted molar refractivity (Wildman–Crippen MR) is 90.4 cm³/mol. The Morgan fingerprint density at radius 3 is 2.26 bits per heavy atom. The summed E-state index contributed by atoms with van der Waals surface area (Å²) in [5.41, 5.74) is 0.927. The summed E-state index contributed by atoms with van der Waals surface area (Å²) in [6.07, 6.45) is 0. The van der Waals surface area contributed by atoms with E-state index >= 15 is 0 Å². The Balaban J connectivity index is 2.65. The van der Waals surface area contributed by atoms with Gasteiger partial charge in [0.2, 0.25) is 0 Å². The zero-order valence-electron chi connectivity index (χ0n) is 14.4. The Morgan fingerprint density at radius 1 is 1.04 bits per heavy atom. The average molecular weight is 318 g/mol. The molecule has 0 aliphatic carbocycles. The van der Waals surface area contributed by atoms with Gasteiger partial charge in [-0.1, -0.05) is 37.8 Å². The van der Waals surface area contributed by atoms with E-state index in [2.05, 4.69) is 11.8 Å². The zero-order valence-corrected chi connectivity index (χ0v) is 14.4. The van der Waals surface area contributed by atoms with Crippen molar-refractivity contribution in [1.82, 2.24) is 0 Å². The van der Waals surface area contributed by atoms with Crippen molar-refractivity contribution < 1.29 is 19.0 Å². The molecule has 0 fully saturated rings. The van der Waals surface area contributed by atoms with Gasteiger partial charge in [-0.2, -0.15) is 0 Å². The van der Waals surface area contributed by atoms with Gasteiger partial charge in [-0.15, -0.1) is 0 Å². The monoisotopic (exact) mass is 318 g/mol. The minimum absolute atomic E-state index is 0.0894. The molecule has 0 saturated heterocycles. The fourth-order valence-electron chi connectivity index (χ4n) is 2.18. The maximum atomic E-state index is 12.3. The van der Waals surface area contributed by atoms with Crippen LogP contribution in [-0.4, -0.2) is 32.4 Å². The van der Waals surface area contributed by atoms with Gasteiger partial charge in [-0.3, -0.25) is 4.79 Å². The second kappa shape index (κ2) is 10.7. The lowest BCUT2D eigenvalue weighted by molar-refractivity contribution is -0.145. The smallest absolute Gasteiger partial charge is 0.314 e. The van der Waals surface area contributed by atoms with Crippen molar-refractivity contribution in [3.05, 3.63) is 29.8 Å². The van der Waals surface area contributed by atoms with E-state index in [1.165, 1.54) is 0 Å². The van der Waals surface area contributed by atoms with E-state index in [0.29, 0.717) is 19.8 Å². The van der Waals surface area contributed by atoms with E-state index in [1.54, 1.807) is 0 Å². The van der Waals surface area contributed by atoms with Gasteiger partial charge in [0.1, 0.15) is 12.4 Å². The summed E-state index contributed by atoms with van der Waals surface area (Å²) in [6, 6.07) is 7.59. The van der Waals surface area contributed by atoms with Crippen molar-refractivity contribution in [3.8, 4) is 17.6 Å². The summed E-state index contributed by atoms with van der Waals surface area (Å²) in [5, 5.41) is 0. The average Bonchev–Trinajstić information content (AvgIpc) is 2.52. The molecule has 23 heavy (non-hydrogen) atoms. The first kappa shape index (κ1) is 19.1. The van der Waals surface area contributed by atoms with Gasteiger partial charge in [0.05, 0.1) is 12.5 Å². The lowest BCUT2D eigenvalue weighted by Gasteiger charge is -2.19. The van der Waals surface area contributed by atoms with Crippen molar-refractivity contribution >= 4 is 5.97 Å². The van der Waals surface area contributed by atoms with Crippen molar-refractivity contribution in [2.75, 3.05) is 26.4 Å². The third kappa shape index (κ3) is 6.75. The molecule has 0 heterocycles. The standard InChI is InChI=1S/C19H26O4/c1-5-21-13-7-8-14-23-19(20)18(15(3)4)16-9-11-17(12-10-16)22-6-2/h9-12,15,18H,5-6,13-14H2,1-4H3. The normalized spacial score (nSPS) is 11.5. The summed E-state index contributed by atoms with van der Waals surface area (Å²) in [7, 11) is 0. The van der Waals surface area contributed by atoms with E-state index < -0.39 is 0 Å². The SMILES string of the molecule is CCOCC#CCOC(=O)C(c1ccc(OCC)cc1)C(C)C. The summed E-state index contributed by atoms with van der Waals surface area (Å²) in [5.74, 6) is 5.96. The largest absolute Gasteiger partial charge is 0.494 e. The number of benzene rings is 1. The second-order valence-electron chi connectivity index (χ2n) is 5.32. The topological polar surface area (TPSA) is 44.8 Å². The lowest BCUT2D eigenvalue weighted by atomic mass is 9.88. The third-order valence-corrected chi connectivity index (χ3v) is 3.26. The van der Waals surface area contributed by atoms with E-state index in [9.17, 15) is 4.79 Å². The van der Waals surface area contributed by atoms with Crippen molar-refractivity contribution in [1.29, 1.82) is 0 Å². The molecule has 4 heteroatoms. The first-order chi connectivity index (χ1) is 11.1. The van der Waals surface area contributed by atoms with Crippen LogP contribution in [0.4, 0.5) is 0 Å². The van der Waals surface area contributed by atoms with Crippen LogP contribution in [0.3, 0.4) is 0 Å². The van der Waals surface area contributed by atoms with E-state index in [-0.39, 0.29) is 24.4 Å². The third-order valence-electron chi connectivity index (χ3n) is 3.26. The quantitative estimate of drug-likeness (QED) is 0.418. The van der Waals surface area contributed by atoms with Gasteiger partial charge in [0.15, 0.2) is 6.61 Å². The van der Waals surface area contributed by atoms with Crippen LogP contribution >= 0.6 is 0 Å². The minimum atomic E-state index is -0.306. The highest BCUT2D eigenvalue weighted by molar-refractivity contribution is 5.78. The van der Waals surface area contributed by atoms with Gasteiger partial charge < -0.3 is 14.2 Å². The fraction of sp³-hybridized carbons (Fsp3) is 0.526. The molecular weight excluding hydrogens is 292 g/mol. The number of ether oxygens (including phenoxy) is 3. The highest BCUT2D eigenvalue weighted by Crippen LogP contribution is 2.27. The molecule has 0 amide bonds. The van der Waals surface area contributed by atoms with Crippen molar-refractivity contribution in [3.63, 3.8) is 0 Å². The zero-order chi connectivity index (χ0) is 17.1. The molecular formula is C19H26O4. The fourth-order valence-corrected chi connectivity index (χ4v) is 2.18. The van der Waals surface area contributed by atoms with E-state index in [4.69, 9.17) is 14.2 Å². The number of rotatable bonds is 8. The van der Waals surface area contributed by atoms with Gasteiger partial charge in [-0.25, -0.2) is 0 Å². The Bertz CT molecular complexity index is 523. The molecule has 0 saturated carbocycles. The van der Waals surface area contributed by atoms with Gasteiger partial charge in [0, 0.05) is 6.61 Å². The number of hydrogen-bond donors (Lipinski definition) is 0. The van der Waals surface area contributed by atoms with E-state index in [1.807, 2.05) is 52.0 Å². The highest BCUT2D eigenvalue weighted by atomic mass is 16.5. The molecule has 0 N–H and O–H groups in total. The van der Waals surface area contributed by atoms with Crippen LogP contribution in [0, 0.1) is 17.8 Å². The van der Waals surface area contributed by atoms with Gasteiger partial charge in [-0.05, 0) is 37.5 Å². The van der Waals surface area contributed by atoms with Gasteiger partial charge >= 0.3 is 5.97 Å². The van der Waals surface area contributed by atoms with Crippen LogP contribution in [-0.2, 0) is 14.3 Å². The number of carbonyl (C=O) groups is 1. The molecule has 1 atom stereocenters. The van der Waals surface area contributed by atoms with Crippen molar-refractivity contribution in [2.24, 2.45) is 5.92 Å². The Kier molecular flexibility index (Phi) is 8.86. The number of hydrogen-bond acceptors (Lipinski definition) is 4. The van der Waals surface area contributed by atoms with Crippen LogP contribution in [0.15, 0.2) is 24.3 Å². The minimum Gasteiger partial charge on any atom is -0.494 e. The van der Waals surface area contributed by atoms with Crippen LogP contribution < -0.4 is 4.74 Å². The van der Waals surface area contributed by atoms with Crippen molar-refractivity contribution in [2.45, 2.75) is 33.6 Å². The summed E-state index contributed by atoms with van der Waals surface area (Å²) < 4.78 is 15.8. The van der Waals surface area contributed by atoms with Crippen LogP contribution in [0.1, 0.15) is 39.2 Å². The number of carbonyl (C=O) groups excluding carboxylic acids is 1. The molecule has 0 aliphatic heterocycles. The molecule has 1 unspecified atom stereocenters. The molecule has 1 aromatic carbocycles. The summed E-state index contributed by atoms with van der Waals surface area (Å²) in [6.45, 7) is 9.55. The molecule has 0 radical (unpaired) electrons. The lowest BCUT2D eigenvalue weighted by Crippen LogP contribution is -2.21. The van der Waals surface area contributed by atoms with E-state index in [0.717, 1.165) is 11.3 Å². The Hall–Kier alpha value is -1.99. The maximum Gasteiger partial charge on any atom is 0.314 e. The van der Waals surface area contributed by atoms with Crippen LogP contribution in [0.5, 0.6) is 5.75 Å².